The van der Waals surface area contributed by atoms with Crippen LogP contribution in [0.4, 0.5) is 10.5 Å². The van der Waals surface area contributed by atoms with Crippen molar-refractivity contribution < 1.29 is 38.4 Å². The van der Waals surface area contributed by atoms with E-state index < -0.39 is 52.7 Å². The van der Waals surface area contributed by atoms with E-state index in [9.17, 15) is 19.5 Å². The van der Waals surface area contributed by atoms with Crippen LogP contribution in [-0.2, 0) is 39.7 Å². The van der Waals surface area contributed by atoms with Crippen LogP contribution in [-0.4, -0.2) is 81.9 Å². The second kappa shape index (κ2) is 20.8. The average Bonchev–Trinajstić information content (AvgIpc) is 3.20. The summed E-state index contributed by atoms with van der Waals surface area (Å²) >= 11 is 1.61. The van der Waals surface area contributed by atoms with Gasteiger partial charge in [0, 0.05) is 47.0 Å². The molecule has 0 spiro atoms. The molecule has 3 amide bonds. The number of nitrogens with one attached hydrogen (secondary N) is 3. The van der Waals surface area contributed by atoms with Crippen LogP contribution in [0.2, 0.25) is 0 Å². The predicted octanol–water partition coefficient (Wildman–Crippen LogP) is 7.06. The zero-order valence-electron chi connectivity index (χ0n) is 32.3. The van der Waals surface area contributed by atoms with Gasteiger partial charge in [-0.15, -0.1) is 11.8 Å². The SMILES string of the molecule is COC(Cc1ccccc1NC(=O)C(NC(=O)[C@H](CCSC(c1ccccc1)(c1ccccc1)c1ccccc1)NC(=O)O)C(C)(C)CC(OC)OC)OC. The minimum Gasteiger partial charge on any atom is -0.465 e. The number of para-hydroxylation sites is 1. The van der Waals surface area contributed by atoms with Crippen molar-refractivity contribution in [3.63, 3.8) is 0 Å². The van der Waals surface area contributed by atoms with Gasteiger partial charge in [0.2, 0.25) is 11.8 Å². The highest BCUT2D eigenvalue weighted by Crippen LogP contribution is 2.48. The van der Waals surface area contributed by atoms with Crippen molar-refractivity contribution in [1.29, 1.82) is 0 Å². The summed E-state index contributed by atoms with van der Waals surface area (Å²) in [7, 11) is 6.08. The summed E-state index contributed by atoms with van der Waals surface area (Å²) in [6.07, 6.45) is -1.86. The van der Waals surface area contributed by atoms with Gasteiger partial charge in [-0.1, -0.05) is 123 Å². The molecule has 0 aromatic heterocycles. The van der Waals surface area contributed by atoms with Crippen molar-refractivity contribution in [3.05, 3.63) is 138 Å². The Morgan fingerprint density at radius 2 is 1.13 bits per heavy atom. The Bertz CT molecular complexity index is 1690. The lowest BCUT2D eigenvalue weighted by Crippen LogP contribution is -2.58. The Hall–Kier alpha value is -4.72. The summed E-state index contributed by atoms with van der Waals surface area (Å²) in [5.41, 5.74) is 3.47. The minimum absolute atomic E-state index is 0.128. The fourth-order valence-electron chi connectivity index (χ4n) is 6.65. The third-order valence-corrected chi connectivity index (χ3v) is 11.2. The molecule has 0 heterocycles. The van der Waals surface area contributed by atoms with Crippen molar-refractivity contribution in [2.75, 3.05) is 39.5 Å². The van der Waals surface area contributed by atoms with Crippen LogP contribution in [0.1, 0.15) is 48.9 Å². The molecule has 4 aromatic carbocycles. The molecule has 4 rings (SSSR count). The summed E-state index contributed by atoms with van der Waals surface area (Å²) < 4.78 is 21.1. The average molecular weight is 772 g/mol. The molecule has 0 saturated heterocycles. The number of hydrogen-bond donors (Lipinski definition) is 4. The highest BCUT2D eigenvalue weighted by atomic mass is 32.2. The largest absolute Gasteiger partial charge is 0.465 e. The van der Waals surface area contributed by atoms with Crippen molar-refractivity contribution >= 4 is 35.4 Å². The zero-order chi connectivity index (χ0) is 39.8. The molecule has 12 heteroatoms. The van der Waals surface area contributed by atoms with E-state index in [1.807, 2.05) is 80.6 Å². The third kappa shape index (κ3) is 11.4. The quantitative estimate of drug-likeness (QED) is 0.0517. The molecular formula is C43H53N3O8S. The van der Waals surface area contributed by atoms with Crippen molar-refractivity contribution in [3.8, 4) is 0 Å². The summed E-state index contributed by atoms with van der Waals surface area (Å²) in [6.45, 7) is 3.65. The number of rotatable bonds is 21. The maximum Gasteiger partial charge on any atom is 0.405 e. The predicted molar refractivity (Wildman–Crippen MR) is 216 cm³/mol. The minimum atomic E-state index is -1.36. The van der Waals surface area contributed by atoms with Gasteiger partial charge in [-0.25, -0.2) is 4.79 Å². The standard InChI is InChI=1S/C43H53N3O8S/c1-42(2,29-37(53-5)54-6)38(40(48)44-34-25-17-16-18-30(34)28-36(51-3)52-4)46-39(47)35(45-41(49)50)26-27-55-43(31-19-10-7-11-20-31,32-21-12-8-13-22-32)33-23-14-9-15-24-33/h7-25,35-38,45H,26-29H2,1-6H3,(H,44,48)(H,46,47)(H,49,50)/t35-,38?/m0/s1. The smallest absolute Gasteiger partial charge is 0.405 e. The number of thioether (sulfide) groups is 1. The summed E-state index contributed by atoms with van der Waals surface area (Å²) in [6, 6.07) is 35.3. The number of carbonyl (C=O) groups excluding carboxylic acids is 2. The molecule has 0 radical (unpaired) electrons. The van der Waals surface area contributed by atoms with E-state index in [0.717, 1.165) is 22.3 Å². The van der Waals surface area contributed by atoms with Crippen LogP contribution in [0.25, 0.3) is 0 Å². The maximum atomic E-state index is 14.3. The van der Waals surface area contributed by atoms with Gasteiger partial charge < -0.3 is 40.0 Å². The maximum absolute atomic E-state index is 14.3. The summed E-state index contributed by atoms with van der Waals surface area (Å²) in [5.74, 6) is -0.761. The number of methoxy groups -OCH3 is 4. The highest BCUT2D eigenvalue weighted by Gasteiger charge is 2.41. The number of amides is 3. The normalized spacial score (nSPS) is 12.9. The molecule has 2 atom stereocenters. The molecule has 0 saturated carbocycles. The van der Waals surface area contributed by atoms with Crippen molar-refractivity contribution in [2.24, 2.45) is 5.41 Å². The van der Waals surface area contributed by atoms with Gasteiger partial charge >= 0.3 is 6.09 Å². The Morgan fingerprint density at radius 3 is 1.60 bits per heavy atom. The molecule has 55 heavy (non-hydrogen) atoms. The molecule has 0 aliphatic rings. The van der Waals surface area contributed by atoms with Crippen LogP contribution in [0.5, 0.6) is 0 Å². The van der Waals surface area contributed by atoms with Crippen molar-refractivity contribution in [2.45, 2.75) is 62.5 Å². The van der Waals surface area contributed by atoms with E-state index in [1.54, 1.807) is 23.9 Å². The van der Waals surface area contributed by atoms with E-state index in [4.69, 9.17) is 18.9 Å². The Balaban J connectivity index is 1.66. The number of anilines is 1. The van der Waals surface area contributed by atoms with Crippen LogP contribution < -0.4 is 16.0 Å². The Kier molecular flexibility index (Phi) is 16.3. The van der Waals surface area contributed by atoms with Gasteiger partial charge in [0.05, 0.1) is 4.75 Å². The van der Waals surface area contributed by atoms with Gasteiger partial charge in [0.15, 0.2) is 12.6 Å². The van der Waals surface area contributed by atoms with Crippen LogP contribution in [0, 0.1) is 5.41 Å². The number of carbonyl (C=O) groups is 3. The lowest BCUT2D eigenvalue weighted by atomic mass is 9.80. The fourth-order valence-corrected chi connectivity index (χ4v) is 8.22. The number of hydrogen-bond acceptors (Lipinski definition) is 8. The molecule has 11 nitrogen and oxygen atoms in total. The van der Waals surface area contributed by atoms with E-state index >= 15 is 0 Å². The molecule has 4 aromatic rings. The topological polar surface area (TPSA) is 144 Å². The molecule has 0 aliphatic carbocycles. The third-order valence-electron chi connectivity index (χ3n) is 9.62. The van der Waals surface area contributed by atoms with Gasteiger partial charge in [-0.3, -0.25) is 9.59 Å². The number of carboxylic acid groups (broad SMARTS) is 1. The van der Waals surface area contributed by atoms with E-state index in [1.165, 1.54) is 28.4 Å². The number of ether oxygens (including phenoxy) is 4. The molecule has 0 bridgehead atoms. The van der Waals surface area contributed by atoms with Crippen molar-refractivity contribution in [1.82, 2.24) is 10.6 Å². The van der Waals surface area contributed by atoms with E-state index in [2.05, 4.69) is 52.3 Å². The molecule has 4 N–H and O–H groups in total. The second-order valence-corrected chi connectivity index (χ2v) is 15.0. The van der Waals surface area contributed by atoms with Crippen LogP contribution in [0.3, 0.4) is 0 Å². The lowest BCUT2D eigenvalue weighted by molar-refractivity contribution is -0.139. The Morgan fingerprint density at radius 1 is 0.655 bits per heavy atom. The highest BCUT2D eigenvalue weighted by molar-refractivity contribution is 8.00. The summed E-state index contributed by atoms with van der Waals surface area (Å²) in [5, 5.41) is 18.2. The van der Waals surface area contributed by atoms with Gasteiger partial charge in [-0.05, 0) is 45.9 Å². The first kappa shape index (κ1) is 43.0. The lowest BCUT2D eigenvalue weighted by Gasteiger charge is -2.37. The fraction of sp³-hybridized carbons (Fsp3) is 0.372. The molecule has 0 fully saturated rings. The van der Waals surface area contributed by atoms with E-state index in [0.29, 0.717) is 17.9 Å². The Labute approximate surface area is 328 Å². The zero-order valence-corrected chi connectivity index (χ0v) is 33.1. The first-order valence-electron chi connectivity index (χ1n) is 18.1. The van der Waals surface area contributed by atoms with Crippen LogP contribution in [0.15, 0.2) is 115 Å². The molecule has 1 unspecified atom stereocenters. The van der Waals surface area contributed by atoms with Gasteiger partial charge in [0.1, 0.15) is 12.1 Å². The summed E-state index contributed by atoms with van der Waals surface area (Å²) in [4.78, 5) is 40.7. The van der Waals surface area contributed by atoms with Gasteiger partial charge in [0.25, 0.3) is 0 Å². The first-order valence-corrected chi connectivity index (χ1v) is 19.1. The molecular weight excluding hydrogens is 719 g/mol. The monoisotopic (exact) mass is 771 g/mol. The van der Waals surface area contributed by atoms with Gasteiger partial charge in [-0.2, -0.15) is 0 Å². The van der Waals surface area contributed by atoms with E-state index in [-0.39, 0.29) is 12.8 Å². The molecule has 0 aliphatic heterocycles. The van der Waals surface area contributed by atoms with Crippen LogP contribution >= 0.6 is 11.8 Å². The second-order valence-electron chi connectivity index (χ2n) is 13.7. The number of benzene rings is 4. The molecule has 294 valence electrons. The first-order chi connectivity index (χ1) is 26.5.